The summed E-state index contributed by atoms with van der Waals surface area (Å²) in [5.41, 5.74) is 8.63. The first kappa shape index (κ1) is 15.0. The topological polar surface area (TPSA) is 72.1 Å². The summed E-state index contributed by atoms with van der Waals surface area (Å²) in [4.78, 5) is 22.6. The van der Waals surface area contributed by atoms with E-state index in [1.807, 2.05) is 38.1 Å². The Labute approximate surface area is 124 Å². The number of hydrogen-bond acceptors (Lipinski definition) is 4. The number of anilines is 1. The van der Waals surface area contributed by atoms with Gasteiger partial charge in [-0.05, 0) is 31.0 Å². The fraction of sp³-hybridized carbons (Fsp3) is 0.312. The molecule has 0 aliphatic rings. The van der Waals surface area contributed by atoms with Crippen LogP contribution in [0.3, 0.4) is 0 Å². The quantitative estimate of drug-likeness (QED) is 0.856. The molecule has 1 amide bonds. The number of aromatic nitrogens is 2. The number of amides is 1. The van der Waals surface area contributed by atoms with Gasteiger partial charge in [-0.2, -0.15) is 0 Å². The molecule has 0 saturated carbocycles. The van der Waals surface area contributed by atoms with Crippen LogP contribution in [0, 0.1) is 6.92 Å². The maximum atomic E-state index is 12.5. The van der Waals surface area contributed by atoms with Crippen LogP contribution < -0.4 is 5.73 Å². The Morgan fingerprint density at radius 1 is 1.19 bits per heavy atom. The summed E-state index contributed by atoms with van der Waals surface area (Å²) in [7, 11) is 0. The van der Waals surface area contributed by atoms with Crippen molar-refractivity contribution in [3.05, 3.63) is 53.6 Å². The summed E-state index contributed by atoms with van der Waals surface area (Å²) < 4.78 is 0. The van der Waals surface area contributed by atoms with Crippen molar-refractivity contribution in [2.45, 2.75) is 26.8 Å². The highest BCUT2D eigenvalue weighted by molar-refractivity contribution is 5.91. The minimum atomic E-state index is -0.0961. The number of carbonyl (C=O) groups excluding carboxylic acids is 1. The van der Waals surface area contributed by atoms with Gasteiger partial charge in [0, 0.05) is 25.0 Å². The Bertz CT molecular complexity index is 593. The number of aryl methyl sites for hydroxylation is 1. The van der Waals surface area contributed by atoms with Gasteiger partial charge in [0.05, 0.1) is 11.9 Å². The fourth-order valence-corrected chi connectivity index (χ4v) is 2.03. The molecule has 2 rings (SSSR count). The van der Waals surface area contributed by atoms with Crippen molar-refractivity contribution >= 4 is 11.6 Å². The molecule has 0 spiro atoms. The van der Waals surface area contributed by atoms with Gasteiger partial charge >= 0.3 is 0 Å². The molecular formula is C16H20N4O. The molecule has 0 aliphatic carbocycles. The normalized spacial score (nSPS) is 10.4. The molecule has 0 radical (unpaired) electrons. The molecular weight excluding hydrogens is 264 g/mol. The van der Waals surface area contributed by atoms with Crippen LogP contribution in [0.1, 0.15) is 35.1 Å². The lowest BCUT2D eigenvalue weighted by molar-refractivity contribution is 0.0736. The van der Waals surface area contributed by atoms with E-state index in [-0.39, 0.29) is 5.91 Å². The van der Waals surface area contributed by atoms with Crippen LogP contribution in [0.15, 0.2) is 36.7 Å². The molecule has 1 aromatic carbocycles. The highest BCUT2D eigenvalue weighted by Gasteiger charge is 2.17. The van der Waals surface area contributed by atoms with Crippen LogP contribution in [0.4, 0.5) is 5.69 Å². The molecule has 2 aromatic rings. The average molecular weight is 284 g/mol. The lowest BCUT2D eigenvalue weighted by Crippen LogP contribution is -2.32. The number of nitrogens with two attached hydrogens (primary N) is 1. The Morgan fingerprint density at radius 2 is 1.90 bits per heavy atom. The highest BCUT2D eigenvalue weighted by Crippen LogP contribution is 2.11. The van der Waals surface area contributed by atoms with Crippen molar-refractivity contribution in [2.24, 2.45) is 0 Å². The predicted octanol–water partition coefficient (Wildman–Crippen LogP) is 2.42. The van der Waals surface area contributed by atoms with E-state index in [9.17, 15) is 4.79 Å². The second-order valence-electron chi connectivity index (χ2n) is 5.01. The number of hydrogen-bond donors (Lipinski definition) is 1. The molecule has 0 aliphatic heterocycles. The van der Waals surface area contributed by atoms with E-state index in [1.165, 1.54) is 6.20 Å². The molecule has 110 valence electrons. The lowest BCUT2D eigenvalue weighted by Gasteiger charge is -2.21. The molecule has 1 heterocycles. The molecule has 0 fully saturated rings. The van der Waals surface area contributed by atoms with Crippen LogP contribution in [0.25, 0.3) is 0 Å². The van der Waals surface area contributed by atoms with E-state index in [0.29, 0.717) is 18.8 Å². The summed E-state index contributed by atoms with van der Waals surface area (Å²) in [6, 6.07) is 7.56. The first-order valence-corrected chi connectivity index (χ1v) is 7.02. The van der Waals surface area contributed by atoms with Gasteiger partial charge in [0.25, 0.3) is 5.91 Å². The highest BCUT2D eigenvalue weighted by atomic mass is 16.2. The minimum Gasteiger partial charge on any atom is -0.399 e. The number of carbonyl (C=O) groups is 1. The molecule has 1 aromatic heterocycles. The number of rotatable bonds is 5. The van der Waals surface area contributed by atoms with Gasteiger partial charge in [-0.25, -0.2) is 4.98 Å². The standard InChI is InChI=1S/C16H20N4O/c1-3-8-20(11-13-4-6-14(17)7-5-13)16(21)15-10-18-12(2)9-19-15/h4-7,9-10H,3,8,11,17H2,1-2H3. The lowest BCUT2D eigenvalue weighted by atomic mass is 10.2. The average Bonchev–Trinajstić information content (AvgIpc) is 2.49. The van der Waals surface area contributed by atoms with Crippen LogP contribution in [0.5, 0.6) is 0 Å². The number of nitrogen functional groups attached to an aromatic ring is 1. The van der Waals surface area contributed by atoms with Gasteiger partial charge in [-0.1, -0.05) is 19.1 Å². The number of nitrogens with zero attached hydrogens (tertiary/aromatic N) is 3. The van der Waals surface area contributed by atoms with Gasteiger partial charge in [-0.3, -0.25) is 9.78 Å². The fourth-order valence-electron chi connectivity index (χ4n) is 2.03. The second-order valence-corrected chi connectivity index (χ2v) is 5.01. The third kappa shape index (κ3) is 4.02. The van der Waals surface area contributed by atoms with Crippen LogP contribution >= 0.6 is 0 Å². The summed E-state index contributed by atoms with van der Waals surface area (Å²) in [5.74, 6) is -0.0961. The Kier molecular flexibility index (Phi) is 4.87. The molecule has 5 nitrogen and oxygen atoms in total. The van der Waals surface area contributed by atoms with Gasteiger partial charge in [0.2, 0.25) is 0 Å². The van der Waals surface area contributed by atoms with Crippen LogP contribution in [-0.2, 0) is 6.54 Å². The van der Waals surface area contributed by atoms with Crippen molar-refractivity contribution in [3.8, 4) is 0 Å². The van der Waals surface area contributed by atoms with Crippen molar-refractivity contribution < 1.29 is 4.79 Å². The zero-order valence-electron chi connectivity index (χ0n) is 12.4. The third-order valence-corrected chi connectivity index (χ3v) is 3.13. The summed E-state index contributed by atoms with van der Waals surface area (Å²) in [6.07, 6.45) is 4.03. The van der Waals surface area contributed by atoms with Crippen molar-refractivity contribution in [1.29, 1.82) is 0 Å². The maximum absolute atomic E-state index is 12.5. The van der Waals surface area contributed by atoms with Crippen LogP contribution in [0.2, 0.25) is 0 Å². The Hall–Kier alpha value is -2.43. The van der Waals surface area contributed by atoms with Crippen LogP contribution in [-0.4, -0.2) is 27.3 Å². The van der Waals surface area contributed by atoms with Crippen molar-refractivity contribution in [2.75, 3.05) is 12.3 Å². The Balaban J connectivity index is 2.15. The van der Waals surface area contributed by atoms with Gasteiger partial charge in [0.15, 0.2) is 0 Å². The number of benzene rings is 1. The van der Waals surface area contributed by atoms with E-state index >= 15 is 0 Å². The molecule has 0 saturated heterocycles. The summed E-state index contributed by atoms with van der Waals surface area (Å²) >= 11 is 0. The molecule has 0 atom stereocenters. The monoisotopic (exact) mass is 284 g/mol. The molecule has 0 bridgehead atoms. The minimum absolute atomic E-state index is 0.0961. The van der Waals surface area contributed by atoms with E-state index in [2.05, 4.69) is 9.97 Å². The van der Waals surface area contributed by atoms with Gasteiger partial charge in [-0.15, -0.1) is 0 Å². The molecule has 5 heteroatoms. The van der Waals surface area contributed by atoms with Crippen molar-refractivity contribution in [1.82, 2.24) is 14.9 Å². The van der Waals surface area contributed by atoms with E-state index in [4.69, 9.17) is 5.73 Å². The predicted molar refractivity (Wildman–Crippen MR) is 82.7 cm³/mol. The molecule has 21 heavy (non-hydrogen) atoms. The van der Waals surface area contributed by atoms with E-state index in [1.54, 1.807) is 11.1 Å². The first-order valence-electron chi connectivity index (χ1n) is 7.02. The van der Waals surface area contributed by atoms with E-state index in [0.717, 1.165) is 23.4 Å². The van der Waals surface area contributed by atoms with E-state index < -0.39 is 0 Å². The third-order valence-electron chi connectivity index (χ3n) is 3.13. The van der Waals surface area contributed by atoms with Gasteiger partial charge in [0.1, 0.15) is 5.69 Å². The smallest absolute Gasteiger partial charge is 0.274 e. The molecule has 2 N–H and O–H groups in total. The molecule has 0 unspecified atom stereocenters. The Morgan fingerprint density at radius 3 is 2.48 bits per heavy atom. The maximum Gasteiger partial charge on any atom is 0.274 e. The largest absolute Gasteiger partial charge is 0.399 e. The summed E-state index contributed by atoms with van der Waals surface area (Å²) in [6.45, 7) is 5.12. The SMILES string of the molecule is CCCN(Cc1ccc(N)cc1)C(=O)c1cnc(C)cn1. The second kappa shape index (κ2) is 6.83. The zero-order chi connectivity index (χ0) is 15.2. The zero-order valence-corrected chi connectivity index (χ0v) is 12.4. The first-order chi connectivity index (χ1) is 10.1. The van der Waals surface area contributed by atoms with Gasteiger partial charge < -0.3 is 10.6 Å². The summed E-state index contributed by atoms with van der Waals surface area (Å²) in [5, 5.41) is 0. The van der Waals surface area contributed by atoms with Crippen molar-refractivity contribution in [3.63, 3.8) is 0 Å².